The first-order valence-electron chi connectivity index (χ1n) is 9.88. The van der Waals surface area contributed by atoms with E-state index in [1.165, 1.54) is 5.56 Å². The third kappa shape index (κ3) is 4.42. The van der Waals surface area contributed by atoms with Crippen molar-refractivity contribution in [3.05, 3.63) is 69.7 Å². The fourth-order valence-corrected chi connectivity index (χ4v) is 3.90. The van der Waals surface area contributed by atoms with E-state index in [1.807, 2.05) is 13.0 Å². The Hall–Kier alpha value is -1.43. The second kappa shape index (κ2) is 8.93. The van der Waals surface area contributed by atoms with Gasteiger partial charge in [-0.3, -0.25) is 0 Å². The van der Waals surface area contributed by atoms with Crippen LogP contribution in [0.15, 0.2) is 42.5 Å². The molecule has 0 aromatic heterocycles. The number of hydrogen-bond acceptors (Lipinski definition) is 4. The predicted molar refractivity (Wildman–Crippen MR) is 111 cm³/mol. The van der Waals surface area contributed by atoms with Gasteiger partial charge in [0, 0.05) is 5.02 Å². The molecule has 1 aliphatic heterocycles. The zero-order chi connectivity index (χ0) is 20.4. The zero-order valence-corrected chi connectivity index (χ0v) is 17.3. The molecule has 0 aliphatic carbocycles. The van der Waals surface area contributed by atoms with E-state index in [1.54, 1.807) is 12.1 Å². The summed E-state index contributed by atoms with van der Waals surface area (Å²) in [5, 5.41) is 31.4. The number of aliphatic hydroxyl groups is 3. The molecule has 5 heteroatoms. The van der Waals surface area contributed by atoms with Crippen LogP contribution in [0.4, 0.5) is 0 Å². The van der Waals surface area contributed by atoms with Gasteiger partial charge < -0.3 is 20.1 Å². The average molecular weight is 405 g/mol. The number of aliphatic hydroxyl groups excluding tert-OH is 3. The summed E-state index contributed by atoms with van der Waals surface area (Å²) < 4.78 is 5.90. The van der Waals surface area contributed by atoms with E-state index in [9.17, 15) is 15.3 Å². The lowest BCUT2D eigenvalue weighted by atomic mass is 9.89. The molecule has 152 valence electrons. The topological polar surface area (TPSA) is 69.9 Å². The van der Waals surface area contributed by atoms with Gasteiger partial charge in [0.2, 0.25) is 0 Å². The lowest BCUT2D eigenvalue weighted by Crippen LogP contribution is -2.53. The maximum Gasteiger partial charge on any atom is 0.113 e. The number of halogens is 1. The Morgan fingerprint density at radius 1 is 0.964 bits per heavy atom. The molecule has 1 heterocycles. The van der Waals surface area contributed by atoms with Crippen molar-refractivity contribution in [1.82, 2.24) is 0 Å². The molecule has 3 rings (SSSR count). The molecule has 1 saturated heterocycles. The van der Waals surface area contributed by atoms with Crippen molar-refractivity contribution in [2.45, 2.75) is 70.1 Å². The Morgan fingerprint density at radius 2 is 1.64 bits per heavy atom. The van der Waals surface area contributed by atoms with Gasteiger partial charge in [-0.15, -0.1) is 0 Å². The number of benzene rings is 2. The summed E-state index contributed by atoms with van der Waals surface area (Å²) >= 11 is 6.42. The zero-order valence-electron chi connectivity index (χ0n) is 16.5. The van der Waals surface area contributed by atoms with Crippen LogP contribution in [0.5, 0.6) is 0 Å². The van der Waals surface area contributed by atoms with Crippen molar-refractivity contribution in [2.75, 3.05) is 0 Å². The van der Waals surface area contributed by atoms with Crippen molar-refractivity contribution < 1.29 is 20.1 Å². The number of ether oxygens (including phenoxy) is 1. The first-order chi connectivity index (χ1) is 13.3. The van der Waals surface area contributed by atoms with Gasteiger partial charge in [0.25, 0.3) is 0 Å². The molecule has 0 saturated carbocycles. The van der Waals surface area contributed by atoms with Gasteiger partial charge in [0.1, 0.15) is 24.4 Å². The van der Waals surface area contributed by atoms with Crippen LogP contribution < -0.4 is 0 Å². The molecule has 2 aromatic carbocycles. The second-order valence-electron chi connectivity index (χ2n) is 7.90. The van der Waals surface area contributed by atoms with E-state index in [0.717, 1.165) is 16.7 Å². The summed E-state index contributed by atoms with van der Waals surface area (Å²) in [4.78, 5) is 0. The molecule has 0 bridgehead atoms. The van der Waals surface area contributed by atoms with E-state index in [-0.39, 0.29) is 0 Å². The third-order valence-corrected chi connectivity index (χ3v) is 5.92. The molecule has 0 radical (unpaired) electrons. The van der Waals surface area contributed by atoms with E-state index < -0.39 is 30.5 Å². The highest BCUT2D eigenvalue weighted by Crippen LogP contribution is 2.35. The van der Waals surface area contributed by atoms with Gasteiger partial charge in [-0.1, -0.05) is 68.8 Å². The van der Waals surface area contributed by atoms with E-state index >= 15 is 0 Å². The molecule has 2 aromatic rings. The quantitative estimate of drug-likeness (QED) is 0.704. The van der Waals surface area contributed by atoms with E-state index in [2.05, 4.69) is 38.1 Å². The molecule has 5 atom stereocenters. The fraction of sp³-hybridized carbons (Fsp3) is 0.478. The van der Waals surface area contributed by atoms with Gasteiger partial charge in [-0.25, -0.2) is 0 Å². The summed E-state index contributed by atoms with van der Waals surface area (Å²) in [6.07, 6.45) is -3.56. The van der Waals surface area contributed by atoms with Crippen LogP contribution in [0.3, 0.4) is 0 Å². The molecular formula is C23H29ClO4. The van der Waals surface area contributed by atoms with Gasteiger partial charge >= 0.3 is 0 Å². The molecule has 4 nitrogen and oxygen atoms in total. The van der Waals surface area contributed by atoms with E-state index in [4.69, 9.17) is 16.3 Å². The largest absolute Gasteiger partial charge is 0.388 e. The van der Waals surface area contributed by atoms with Crippen molar-refractivity contribution in [3.63, 3.8) is 0 Å². The van der Waals surface area contributed by atoms with Crippen molar-refractivity contribution in [1.29, 1.82) is 0 Å². The Morgan fingerprint density at radius 3 is 2.25 bits per heavy atom. The minimum Gasteiger partial charge on any atom is -0.388 e. The molecular weight excluding hydrogens is 376 g/mol. The second-order valence-corrected chi connectivity index (χ2v) is 8.31. The Kier molecular flexibility index (Phi) is 6.79. The smallest absolute Gasteiger partial charge is 0.113 e. The van der Waals surface area contributed by atoms with Gasteiger partial charge in [0.15, 0.2) is 0 Å². The van der Waals surface area contributed by atoms with Crippen LogP contribution in [0.1, 0.15) is 61.5 Å². The molecule has 5 unspecified atom stereocenters. The Labute approximate surface area is 171 Å². The summed E-state index contributed by atoms with van der Waals surface area (Å²) in [5.74, 6) is 0.485. The van der Waals surface area contributed by atoms with Crippen molar-refractivity contribution in [2.24, 2.45) is 0 Å². The molecule has 1 fully saturated rings. The number of rotatable bonds is 5. The highest BCUT2D eigenvalue weighted by atomic mass is 35.5. The molecule has 28 heavy (non-hydrogen) atoms. The Balaban J connectivity index is 1.84. The van der Waals surface area contributed by atoms with Gasteiger partial charge in [-0.2, -0.15) is 0 Å². The standard InChI is InChI=1S/C23H29ClO4/c1-4-19-20(25)21(26)22(27)23(28-19)16-9-10-18(24)17(12-16)11-14-5-7-15(8-6-14)13(2)3/h5-10,12-13,19-23,25-27H,4,11H2,1-3H3. The average Bonchev–Trinajstić information content (AvgIpc) is 2.69. The van der Waals surface area contributed by atoms with Crippen molar-refractivity contribution >= 4 is 11.6 Å². The number of hydrogen-bond donors (Lipinski definition) is 3. The maximum absolute atomic E-state index is 10.4. The van der Waals surface area contributed by atoms with Crippen LogP contribution in [-0.4, -0.2) is 39.7 Å². The van der Waals surface area contributed by atoms with Crippen molar-refractivity contribution in [3.8, 4) is 0 Å². The molecule has 0 amide bonds. The van der Waals surface area contributed by atoms with Crippen LogP contribution in [-0.2, 0) is 11.2 Å². The summed E-state index contributed by atoms with van der Waals surface area (Å²) in [5.41, 5.74) is 4.12. The monoisotopic (exact) mass is 404 g/mol. The summed E-state index contributed by atoms with van der Waals surface area (Å²) in [7, 11) is 0. The summed E-state index contributed by atoms with van der Waals surface area (Å²) in [6.45, 7) is 6.21. The first kappa shape index (κ1) is 21.3. The SMILES string of the molecule is CCC1OC(c2ccc(Cl)c(Cc3ccc(C(C)C)cc3)c2)C(O)C(O)C1O. The fourth-order valence-electron chi connectivity index (χ4n) is 3.71. The molecule has 3 N–H and O–H groups in total. The lowest BCUT2D eigenvalue weighted by Gasteiger charge is -2.40. The van der Waals surface area contributed by atoms with E-state index in [0.29, 0.717) is 23.8 Å². The predicted octanol–water partition coefficient (Wildman–Crippen LogP) is 3.99. The maximum atomic E-state index is 10.4. The first-order valence-corrected chi connectivity index (χ1v) is 10.3. The highest BCUT2D eigenvalue weighted by Gasteiger charge is 2.43. The minimum atomic E-state index is -1.24. The third-order valence-electron chi connectivity index (χ3n) is 5.55. The normalized spacial score (nSPS) is 27.9. The van der Waals surface area contributed by atoms with Gasteiger partial charge in [-0.05, 0) is 47.1 Å². The highest BCUT2D eigenvalue weighted by molar-refractivity contribution is 6.31. The van der Waals surface area contributed by atoms with Crippen LogP contribution >= 0.6 is 11.6 Å². The van der Waals surface area contributed by atoms with Gasteiger partial charge in [0.05, 0.1) is 6.10 Å². The molecule has 0 spiro atoms. The summed E-state index contributed by atoms with van der Waals surface area (Å²) in [6, 6.07) is 14.0. The Bertz CT molecular complexity index is 788. The molecule has 1 aliphatic rings. The minimum absolute atomic E-state index is 0.485. The lowest BCUT2D eigenvalue weighted by molar-refractivity contribution is -0.225. The van der Waals surface area contributed by atoms with Crippen LogP contribution in [0.25, 0.3) is 0 Å². The van der Waals surface area contributed by atoms with Crippen LogP contribution in [0.2, 0.25) is 5.02 Å². The van der Waals surface area contributed by atoms with Crippen LogP contribution in [0, 0.1) is 0 Å².